The summed E-state index contributed by atoms with van der Waals surface area (Å²) in [7, 11) is 1.56. The van der Waals surface area contributed by atoms with Gasteiger partial charge in [-0.05, 0) is 12.8 Å². The van der Waals surface area contributed by atoms with Gasteiger partial charge in [0, 0.05) is 20.1 Å². The topological polar surface area (TPSA) is 87.5 Å². The van der Waals surface area contributed by atoms with Crippen LogP contribution in [0.25, 0.3) is 0 Å². The number of carboxylic acid groups (broad SMARTS) is 1. The van der Waals surface area contributed by atoms with Crippen LogP contribution < -0.4 is 5.32 Å². The summed E-state index contributed by atoms with van der Waals surface area (Å²) in [5.74, 6) is -0.457. The normalized spacial score (nSPS) is 10.7. The lowest BCUT2D eigenvalue weighted by molar-refractivity contribution is -0.137. The number of carbonyl (C=O) groups excluding carboxylic acids is 1. The second-order valence-electron chi connectivity index (χ2n) is 5.22. The van der Waals surface area contributed by atoms with Gasteiger partial charge in [-0.1, -0.05) is 13.8 Å². The minimum Gasteiger partial charge on any atom is -0.481 e. The number of hydrogen-bond acceptors (Lipinski definition) is 3. The minimum absolute atomic E-state index is 0.0739. The van der Waals surface area contributed by atoms with Crippen LogP contribution in [0, 0.1) is 12.8 Å². The van der Waals surface area contributed by atoms with Gasteiger partial charge >= 0.3 is 12.0 Å². The number of carboxylic acids is 1. The summed E-state index contributed by atoms with van der Waals surface area (Å²) in [4.78, 5) is 23.7. The van der Waals surface area contributed by atoms with Gasteiger partial charge in [0.05, 0.1) is 24.0 Å². The molecule has 0 fully saturated rings. The summed E-state index contributed by atoms with van der Waals surface area (Å²) in [6, 6.07) is -0.335. The molecule has 0 bridgehead atoms. The van der Waals surface area contributed by atoms with Gasteiger partial charge in [-0.15, -0.1) is 0 Å². The monoisotopic (exact) mass is 282 g/mol. The summed E-state index contributed by atoms with van der Waals surface area (Å²) in [6.07, 6.45) is 1.54. The van der Waals surface area contributed by atoms with Crippen molar-refractivity contribution in [3.05, 3.63) is 11.9 Å². The molecule has 2 N–H and O–H groups in total. The van der Waals surface area contributed by atoms with Crippen molar-refractivity contribution in [2.75, 3.05) is 18.9 Å². The van der Waals surface area contributed by atoms with E-state index in [9.17, 15) is 9.59 Å². The number of urea groups is 1. The molecular formula is C13H22N4O3. The molecule has 0 spiro atoms. The third-order valence-electron chi connectivity index (χ3n) is 2.89. The Hall–Kier alpha value is -2.05. The molecule has 0 aliphatic carbocycles. The lowest BCUT2D eigenvalue weighted by Gasteiger charge is -2.16. The molecule has 0 aromatic carbocycles. The largest absolute Gasteiger partial charge is 0.481 e. The number of nitrogens with zero attached hydrogens (tertiary/aromatic N) is 3. The maximum atomic E-state index is 11.9. The van der Waals surface area contributed by atoms with E-state index in [0.29, 0.717) is 11.6 Å². The van der Waals surface area contributed by atoms with E-state index in [2.05, 4.69) is 24.3 Å². The summed E-state index contributed by atoms with van der Waals surface area (Å²) in [5.41, 5.74) is 1.54. The maximum absolute atomic E-state index is 11.9. The highest BCUT2D eigenvalue weighted by Gasteiger charge is 2.14. The summed E-state index contributed by atoms with van der Waals surface area (Å²) < 4.78 is 1.84. The SMILES string of the molecule is Cc1c(NC(=O)N(C)CCC(=O)O)cnn1CC(C)C. The Bertz CT molecular complexity index is 482. The lowest BCUT2D eigenvalue weighted by Crippen LogP contribution is -2.33. The van der Waals surface area contributed by atoms with Crippen LogP contribution in [0.5, 0.6) is 0 Å². The number of nitrogens with one attached hydrogen (secondary N) is 1. The Morgan fingerprint density at radius 1 is 1.50 bits per heavy atom. The number of hydrogen-bond donors (Lipinski definition) is 2. The third-order valence-corrected chi connectivity index (χ3v) is 2.89. The van der Waals surface area contributed by atoms with Crippen LogP contribution in [0.3, 0.4) is 0 Å². The second-order valence-corrected chi connectivity index (χ2v) is 5.22. The highest BCUT2D eigenvalue weighted by atomic mass is 16.4. The second kappa shape index (κ2) is 6.93. The minimum atomic E-state index is -0.925. The average Bonchev–Trinajstić information content (AvgIpc) is 2.67. The van der Waals surface area contributed by atoms with Gasteiger partial charge in [0.1, 0.15) is 0 Å². The van der Waals surface area contributed by atoms with E-state index in [1.165, 1.54) is 4.90 Å². The molecule has 0 saturated carbocycles. The number of aliphatic carboxylic acids is 1. The molecule has 20 heavy (non-hydrogen) atoms. The van der Waals surface area contributed by atoms with Crippen molar-refractivity contribution in [2.45, 2.75) is 33.7 Å². The van der Waals surface area contributed by atoms with Crippen molar-refractivity contribution >= 4 is 17.7 Å². The molecule has 1 heterocycles. The predicted molar refractivity (Wildman–Crippen MR) is 75.7 cm³/mol. The number of carbonyl (C=O) groups is 2. The molecule has 7 heteroatoms. The molecule has 0 aliphatic heterocycles. The fourth-order valence-electron chi connectivity index (χ4n) is 1.67. The molecule has 0 radical (unpaired) electrons. The van der Waals surface area contributed by atoms with Crippen molar-refractivity contribution < 1.29 is 14.7 Å². The number of aromatic nitrogens is 2. The van der Waals surface area contributed by atoms with E-state index in [4.69, 9.17) is 5.11 Å². The van der Waals surface area contributed by atoms with Gasteiger partial charge in [-0.3, -0.25) is 9.48 Å². The number of amides is 2. The zero-order valence-corrected chi connectivity index (χ0v) is 12.4. The van der Waals surface area contributed by atoms with Gasteiger partial charge in [0.15, 0.2) is 0 Å². The number of rotatable bonds is 6. The Balaban J connectivity index is 2.62. The van der Waals surface area contributed by atoms with Crippen LogP contribution in [0.2, 0.25) is 0 Å². The first kappa shape index (κ1) is 16.0. The van der Waals surface area contributed by atoms with Crippen molar-refractivity contribution in [3.8, 4) is 0 Å². The molecule has 0 saturated heterocycles. The molecule has 1 aromatic rings. The highest BCUT2D eigenvalue weighted by Crippen LogP contribution is 2.15. The molecule has 0 aliphatic rings. The van der Waals surface area contributed by atoms with Crippen molar-refractivity contribution in [1.29, 1.82) is 0 Å². The molecular weight excluding hydrogens is 260 g/mol. The fourth-order valence-corrected chi connectivity index (χ4v) is 1.67. The average molecular weight is 282 g/mol. The smallest absolute Gasteiger partial charge is 0.321 e. The van der Waals surface area contributed by atoms with Gasteiger partial charge in [-0.2, -0.15) is 5.10 Å². The Kier molecular flexibility index (Phi) is 5.54. The maximum Gasteiger partial charge on any atom is 0.321 e. The van der Waals surface area contributed by atoms with E-state index in [1.807, 2.05) is 11.6 Å². The first-order chi connectivity index (χ1) is 9.31. The fraction of sp³-hybridized carbons (Fsp3) is 0.615. The zero-order valence-electron chi connectivity index (χ0n) is 12.4. The third kappa shape index (κ3) is 4.56. The Morgan fingerprint density at radius 3 is 2.70 bits per heavy atom. The van der Waals surface area contributed by atoms with Crippen LogP contribution in [0.15, 0.2) is 6.20 Å². The van der Waals surface area contributed by atoms with Crippen molar-refractivity contribution in [1.82, 2.24) is 14.7 Å². The lowest BCUT2D eigenvalue weighted by atomic mass is 10.2. The van der Waals surface area contributed by atoms with E-state index >= 15 is 0 Å². The van der Waals surface area contributed by atoms with Crippen molar-refractivity contribution in [2.24, 2.45) is 5.92 Å². The Morgan fingerprint density at radius 2 is 2.15 bits per heavy atom. The van der Waals surface area contributed by atoms with Crippen molar-refractivity contribution in [3.63, 3.8) is 0 Å². The van der Waals surface area contributed by atoms with E-state index in [1.54, 1.807) is 13.2 Å². The highest BCUT2D eigenvalue weighted by molar-refractivity contribution is 5.89. The summed E-state index contributed by atoms with van der Waals surface area (Å²) in [5, 5.41) is 15.6. The molecule has 7 nitrogen and oxygen atoms in total. The van der Waals surface area contributed by atoms with E-state index in [0.717, 1.165) is 12.2 Å². The van der Waals surface area contributed by atoms with Crippen LogP contribution in [-0.2, 0) is 11.3 Å². The van der Waals surface area contributed by atoms with Gasteiger partial charge in [-0.25, -0.2) is 4.79 Å². The zero-order chi connectivity index (χ0) is 15.3. The Labute approximate surface area is 118 Å². The molecule has 0 atom stereocenters. The summed E-state index contributed by atoms with van der Waals surface area (Å²) >= 11 is 0. The quantitative estimate of drug-likeness (QED) is 0.832. The first-order valence-electron chi connectivity index (χ1n) is 6.57. The molecule has 0 unspecified atom stereocenters. The molecule has 1 rings (SSSR count). The van der Waals surface area contributed by atoms with E-state index < -0.39 is 5.97 Å². The van der Waals surface area contributed by atoms with E-state index in [-0.39, 0.29) is 19.0 Å². The molecule has 112 valence electrons. The van der Waals surface area contributed by atoms with Gasteiger partial charge < -0.3 is 15.3 Å². The number of anilines is 1. The predicted octanol–water partition coefficient (Wildman–Crippen LogP) is 1.79. The molecule has 2 amide bonds. The van der Waals surface area contributed by atoms with Crippen LogP contribution in [0.1, 0.15) is 26.0 Å². The molecule has 1 aromatic heterocycles. The first-order valence-corrected chi connectivity index (χ1v) is 6.57. The van der Waals surface area contributed by atoms with Gasteiger partial charge in [0.2, 0.25) is 0 Å². The van der Waals surface area contributed by atoms with Crippen LogP contribution >= 0.6 is 0 Å². The summed E-state index contributed by atoms with van der Waals surface area (Å²) in [6.45, 7) is 7.04. The van der Waals surface area contributed by atoms with Gasteiger partial charge in [0.25, 0.3) is 0 Å². The van der Waals surface area contributed by atoms with Crippen LogP contribution in [0.4, 0.5) is 10.5 Å². The van der Waals surface area contributed by atoms with Crippen LogP contribution in [-0.4, -0.2) is 45.4 Å². The standard InChI is InChI=1S/C13H22N4O3/c1-9(2)8-17-10(3)11(7-14-17)15-13(20)16(4)6-5-12(18)19/h7,9H,5-6,8H2,1-4H3,(H,15,20)(H,18,19).